The zero-order valence-corrected chi connectivity index (χ0v) is 9.40. The highest BCUT2D eigenvalue weighted by atomic mass is 32.1. The maximum absolute atomic E-state index is 11.2. The fraction of sp³-hybridized carbons (Fsp3) is 0.600. The van der Waals surface area contributed by atoms with E-state index < -0.39 is 15.0 Å². The van der Waals surface area contributed by atoms with Crippen molar-refractivity contribution in [2.45, 2.75) is 13.3 Å². The molecule has 2 unspecified atom stereocenters. The molecule has 0 aromatic heterocycles. The Morgan fingerprint density at radius 2 is 2.21 bits per heavy atom. The van der Waals surface area contributed by atoms with Gasteiger partial charge < -0.3 is 9.42 Å². The first-order chi connectivity index (χ1) is 6.42. The average Bonchev–Trinajstić information content (AvgIpc) is 2.03. The van der Waals surface area contributed by atoms with Gasteiger partial charge >= 0.3 is 15.0 Å². The summed E-state index contributed by atoms with van der Waals surface area (Å²) < 4.78 is 30.0. The van der Waals surface area contributed by atoms with Gasteiger partial charge in [0.1, 0.15) is 0 Å². The van der Waals surface area contributed by atoms with Gasteiger partial charge in [-0.1, -0.05) is 10.6 Å². The largest absolute Gasteiger partial charge is 0.438 e. The lowest BCUT2D eigenvalue weighted by Crippen LogP contribution is -1.95. The quantitative estimate of drug-likeness (QED) is 0.306. The third-order valence-electron chi connectivity index (χ3n) is 1.16. The van der Waals surface area contributed by atoms with Crippen molar-refractivity contribution in [2.75, 3.05) is 6.61 Å². The van der Waals surface area contributed by atoms with Crippen molar-refractivity contribution >= 4 is 15.0 Å². The zero-order chi connectivity index (χ0) is 11.2. The lowest BCUT2D eigenvalue weighted by molar-refractivity contribution is -0.441. The van der Waals surface area contributed by atoms with Crippen molar-refractivity contribution in [3.8, 4) is 0 Å². The van der Waals surface area contributed by atoms with Gasteiger partial charge in [-0.3, -0.25) is 4.57 Å². The Hall–Kier alpha value is -0.0000000000000000486. The molecule has 2 atom stereocenters. The molecule has 14 heavy (non-hydrogen) atoms. The smallest absolute Gasteiger partial charge is 0.338 e. The second-order valence-electron chi connectivity index (χ2n) is 2.47. The third kappa shape index (κ3) is 5.02. The molecule has 0 radical (unpaired) electrons. The van der Waals surface area contributed by atoms with E-state index in [1.54, 1.807) is 6.92 Å². The molecule has 0 aliphatic rings. The Balaban J connectivity index is 4.17. The predicted octanol–water partition coefficient (Wildman–Crippen LogP) is 1.97. The first-order valence-electron chi connectivity index (χ1n) is 3.54. The van der Waals surface area contributed by atoms with E-state index in [4.69, 9.17) is 10.2 Å². The van der Waals surface area contributed by atoms with E-state index in [1.165, 1.54) is 0 Å². The Kier molecular flexibility index (Phi) is 6.48. The summed E-state index contributed by atoms with van der Waals surface area (Å²) in [5.74, 6) is 0. The molecular formula is C5H12O7P2. The third-order valence-corrected chi connectivity index (χ3v) is 4.43. The van der Waals surface area contributed by atoms with Crippen LogP contribution in [0.5, 0.6) is 0 Å². The topological polar surface area (TPSA) is 102 Å². The van der Waals surface area contributed by atoms with E-state index >= 15 is 0 Å². The van der Waals surface area contributed by atoms with Gasteiger partial charge in [-0.2, -0.15) is 0 Å². The molecule has 9 heteroatoms. The van der Waals surface area contributed by atoms with Gasteiger partial charge in [0.25, 0.3) is 0 Å². The predicted molar refractivity (Wildman–Crippen MR) is 49.0 cm³/mol. The summed E-state index contributed by atoms with van der Waals surface area (Å²) in [5, 5.41) is 10.9. The summed E-state index contributed by atoms with van der Waals surface area (Å²) >= 11 is 0. The van der Waals surface area contributed by atoms with Crippen LogP contribution in [0.25, 0.3) is 0 Å². The standard InChI is InChI=1S/C5H12O7P2/c1-5(2)3-4-10-14(9,12-11-6)13(7)8/h6,13H,1,3-4H2,2H3,(H,7,8). The van der Waals surface area contributed by atoms with Crippen LogP contribution in [0.3, 0.4) is 0 Å². The van der Waals surface area contributed by atoms with E-state index in [1.807, 2.05) is 0 Å². The molecule has 0 aromatic rings. The molecule has 0 rings (SSSR count). The molecule has 0 saturated heterocycles. The molecule has 0 amide bonds. The Labute approximate surface area is 81.4 Å². The van der Waals surface area contributed by atoms with Crippen LogP contribution in [0.2, 0.25) is 0 Å². The van der Waals surface area contributed by atoms with E-state index in [0.717, 1.165) is 5.57 Å². The van der Waals surface area contributed by atoms with Gasteiger partial charge in [0.15, 0.2) is 0 Å². The molecule has 0 fully saturated rings. The van der Waals surface area contributed by atoms with Gasteiger partial charge in [0.05, 0.1) is 6.61 Å². The highest BCUT2D eigenvalue weighted by molar-refractivity contribution is 8.20. The maximum atomic E-state index is 11.2. The van der Waals surface area contributed by atoms with Gasteiger partial charge in [-0.25, -0.2) is 9.82 Å². The van der Waals surface area contributed by atoms with Crippen molar-refractivity contribution in [1.82, 2.24) is 0 Å². The molecule has 84 valence electrons. The molecule has 2 N–H and O–H groups in total. The van der Waals surface area contributed by atoms with E-state index in [9.17, 15) is 9.13 Å². The summed E-state index contributed by atoms with van der Waals surface area (Å²) in [7, 11) is -7.84. The fourth-order valence-electron chi connectivity index (χ4n) is 0.493. The van der Waals surface area contributed by atoms with Crippen molar-refractivity contribution in [3.63, 3.8) is 0 Å². The SMILES string of the molecule is C=C(C)CCOP(=O)(OOO)[PH](=O)O. The van der Waals surface area contributed by atoms with E-state index in [2.05, 4.69) is 20.8 Å². The fourth-order valence-corrected chi connectivity index (χ4v) is 2.03. The monoisotopic (exact) mass is 246 g/mol. The molecule has 7 nitrogen and oxygen atoms in total. The molecule has 0 bridgehead atoms. The van der Waals surface area contributed by atoms with Gasteiger partial charge in [0, 0.05) is 0 Å². The number of hydrogen-bond donors (Lipinski definition) is 2. The summed E-state index contributed by atoms with van der Waals surface area (Å²) in [4.78, 5) is 8.59. The van der Waals surface area contributed by atoms with Gasteiger partial charge in [-0.05, 0) is 13.3 Å². The van der Waals surface area contributed by atoms with Crippen molar-refractivity contribution in [1.29, 1.82) is 0 Å². The van der Waals surface area contributed by atoms with Crippen molar-refractivity contribution in [2.24, 2.45) is 0 Å². The van der Waals surface area contributed by atoms with Crippen LogP contribution in [0, 0.1) is 0 Å². The minimum Gasteiger partial charge on any atom is -0.338 e. The molecular weight excluding hydrogens is 234 g/mol. The highest BCUT2D eigenvalue weighted by Gasteiger charge is 2.33. The van der Waals surface area contributed by atoms with E-state index in [-0.39, 0.29) is 6.61 Å². The molecule has 0 aliphatic heterocycles. The van der Waals surface area contributed by atoms with Crippen LogP contribution in [0.15, 0.2) is 12.2 Å². The average molecular weight is 246 g/mol. The van der Waals surface area contributed by atoms with Crippen molar-refractivity contribution in [3.05, 3.63) is 12.2 Å². The molecule has 0 heterocycles. The van der Waals surface area contributed by atoms with Crippen LogP contribution in [0.1, 0.15) is 13.3 Å². The maximum Gasteiger partial charge on any atom is 0.438 e. The Bertz CT molecular complexity index is 263. The van der Waals surface area contributed by atoms with Crippen LogP contribution >= 0.6 is 15.0 Å². The minimum absolute atomic E-state index is 0.104. The first-order valence-corrected chi connectivity index (χ1v) is 7.28. The number of hydrogen-bond acceptors (Lipinski definition) is 6. The second-order valence-corrected chi connectivity index (χ2v) is 7.23. The second kappa shape index (κ2) is 6.48. The molecule has 0 aromatic carbocycles. The molecule has 0 aliphatic carbocycles. The first kappa shape index (κ1) is 14.0. The number of rotatable bonds is 7. The molecule has 0 spiro atoms. The van der Waals surface area contributed by atoms with Crippen molar-refractivity contribution < 1.29 is 33.5 Å². The Morgan fingerprint density at radius 1 is 1.64 bits per heavy atom. The summed E-state index contributed by atoms with van der Waals surface area (Å²) in [6.45, 7) is 5.15. The zero-order valence-electron chi connectivity index (χ0n) is 7.50. The van der Waals surface area contributed by atoms with Crippen LogP contribution in [-0.4, -0.2) is 16.8 Å². The van der Waals surface area contributed by atoms with Crippen LogP contribution < -0.4 is 0 Å². The van der Waals surface area contributed by atoms with Crippen LogP contribution in [-0.2, 0) is 23.4 Å². The Morgan fingerprint density at radius 3 is 2.57 bits per heavy atom. The lowest BCUT2D eigenvalue weighted by Gasteiger charge is -2.11. The van der Waals surface area contributed by atoms with Crippen LogP contribution in [0.4, 0.5) is 0 Å². The highest BCUT2D eigenvalue weighted by Crippen LogP contribution is 2.68. The molecule has 0 saturated carbocycles. The van der Waals surface area contributed by atoms with Gasteiger partial charge in [0.2, 0.25) is 0 Å². The normalized spacial score (nSPS) is 17.4. The minimum atomic E-state index is -4.26. The summed E-state index contributed by atoms with van der Waals surface area (Å²) in [5.41, 5.74) is 0.749. The summed E-state index contributed by atoms with van der Waals surface area (Å²) in [6, 6.07) is 0. The van der Waals surface area contributed by atoms with E-state index in [0.29, 0.717) is 6.42 Å². The van der Waals surface area contributed by atoms with Gasteiger partial charge in [-0.15, -0.1) is 11.3 Å². The lowest BCUT2D eigenvalue weighted by atomic mass is 10.3. The summed E-state index contributed by atoms with van der Waals surface area (Å²) in [6.07, 6.45) is 0.355.